The predicted molar refractivity (Wildman–Crippen MR) is 68.0 cm³/mol. The number of halogens is 1. The molecule has 1 atom stereocenters. The van der Waals surface area contributed by atoms with Crippen molar-refractivity contribution >= 4 is 15.9 Å². The first kappa shape index (κ1) is 12.1. The third kappa shape index (κ3) is 2.35. The Hall–Kier alpha value is -1.33. The van der Waals surface area contributed by atoms with Crippen LogP contribution in [0.25, 0.3) is 0 Å². The van der Waals surface area contributed by atoms with Crippen LogP contribution < -0.4 is 4.74 Å². The molecule has 90 valence electrons. The van der Waals surface area contributed by atoms with Gasteiger partial charge in [0.25, 0.3) is 0 Å². The van der Waals surface area contributed by atoms with Crippen LogP contribution in [0.3, 0.4) is 0 Å². The maximum atomic E-state index is 10.2. The highest BCUT2D eigenvalue weighted by Gasteiger charge is 2.15. The molecule has 1 unspecified atom stereocenters. The summed E-state index contributed by atoms with van der Waals surface area (Å²) < 4.78 is 7.62. The Morgan fingerprint density at radius 2 is 2.18 bits per heavy atom. The number of hydrogen-bond donors (Lipinski definition) is 1. The molecule has 4 nitrogen and oxygen atoms in total. The van der Waals surface area contributed by atoms with E-state index in [1.807, 2.05) is 18.2 Å². The van der Waals surface area contributed by atoms with Crippen molar-refractivity contribution in [1.82, 2.24) is 9.78 Å². The second-order valence-electron chi connectivity index (χ2n) is 3.68. The highest BCUT2D eigenvalue weighted by molar-refractivity contribution is 9.10. The second-order valence-corrected chi connectivity index (χ2v) is 4.53. The molecule has 1 aromatic heterocycles. The molecule has 17 heavy (non-hydrogen) atoms. The lowest BCUT2D eigenvalue weighted by Gasteiger charge is -2.13. The zero-order valence-corrected chi connectivity index (χ0v) is 11.2. The van der Waals surface area contributed by atoms with Crippen molar-refractivity contribution in [3.8, 4) is 5.75 Å². The van der Waals surface area contributed by atoms with Crippen molar-refractivity contribution in [3.05, 3.63) is 46.2 Å². The normalized spacial score (nSPS) is 12.5. The summed E-state index contributed by atoms with van der Waals surface area (Å²) in [6.07, 6.45) is 0.974. The van der Waals surface area contributed by atoms with Crippen LogP contribution in [-0.4, -0.2) is 22.0 Å². The summed E-state index contributed by atoms with van der Waals surface area (Å²) >= 11 is 3.40. The molecule has 0 aliphatic carbocycles. The average Bonchev–Trinajstić information content (AvgIpc) is 2.74. The third-order valence-corrected chi connectivity index (χ3v) is 3.25. The summed E-state index contributed by atoms with van der Waals surface area (Å²) in [6, 6.07) is 7.29. The minimum atomic E-state index is -0.690. The van der Waals surface area contributed by atoms with Crippen molar-refractivity contribution < 1.29 is 9.84 Å². The van der Waals surface area contributed by atoms with E-state index in [1.165, 1.54) is 0 Å². The van der Waals surface area contributed by atoms with E-state index in [2.05, 4.69) is 21.0 Å². The van der Waals surface area contributed by atoms with Crippen molar-refractivity contribution in [2.45, 2.75) is 6.10 Å². The zero-order valence-electron chi connectivity index (χ0n) is 9.59. The van der Waals surface area contributed by atoms with E-state index in [1.54, 1.807) is 31.1 Å². The maximum absolute atomic E-state index is 10.2. The lowest BCUT2D eigenvalue weighted by atomic mass is 10.1. The predicted octanol–water partition coefficient (Wildman–Crippen LogP) is 2.27. The third-order valence-electron chi connectivity index (χ3n) is 2.63. The van der Waals surface area contributed by atoms with E-state index in [0.29, 0.717) is 0 Å². The number of aliphatic hydroxyl groups excluding tert-OH is 1. The van der Waals surface area contributed by atoms with Crippen molar-refractivity contribution in [1.29, 1.82) is 0 Å². The van der Waals surface area contributed by atoms with Crippen molar-refractivity contribution in [3.63, 3.8) is 0 Å². The Morgan fingerprint density at radius 1 is 1.41 bits per heavy atom. The minimum absolute atomic E-state index is 0.690. The molecule has 1 heterocycles. The van der Waals surface area contributed by atoms with Gasteiger partial charge in [0.1, 0.15) is 11.9 Å². The summed E-state index contributed by atoms with van der Waals surface area (Å²) in [4.78, 5) is 0. The molecule has 0 saturated heterocycles. The van der Waals surface area contributed by atoms with E-state index in [9.17, 15) is 5.11 Å². The van der Waals surface area contributed by atoms with Gasteiger partial charge in [-0.1, -0.05) is 6.07 Å². The number of benzene rings is 1. The SMILES string of the molecule is COc1ccc(C(O)c2ccnn2C)cc1Br. The van der Waals surface area contributed by atoms with Gasteiger partial charge in [-0.3, -0.25) is 4.68 Å². The Kier molecular flexibility index (Phi) is 3.49. The number of hydrogen-bond acceptors (Lipinski definition) is 3. The lowest BCUT2D eigenvalue weighted by molar-refractivity contribution is 0.209. The summed E-state index contributed by atoms with van der Waals surface area (Å²) in [5.74, 6) is 0.742. The van der Waals surface area contributed by atoms with Gasteiger partial charge < -0.3 is 9.84 Å². The zero-order chi connectivity index (χ0) is 12.4. The molecule has 1 aromatic carbocycles. The number of aromatic nitrogens is 2. The van der Waals surface area contributed by atoms with Gasteiger partial charge in [0, 0.05) is 13.2 Å². The molecule has 0 fully saturated rings. The van der Waals surface area contributed by atoms with Crippen LogP contribution in [0.15, 0.2) is 34.9 Å². The Balaban J connectivity index is 2.35. The standard InChI is InChI=1S/C12H13BrN2O2/c1-15-10(5-6-14-15)12(16)8-3-4-11(17-2)9(13)7-8/h3-7,12,16H,1-2H3. The topological polar surface area (TPSA) is 47.3 Å². The number of ether oxygens (including phenoxy) is 1. The van der Waals surface area contributed by atoms with E-state index in [4.69, 9.17) is 4.74 Å². The lowest BCUT2D eigenvalue weighted by Crippen LogP contribution is -2.06. The molecule has 0 bridgehead atoms. The van der Waals surface area contributed by atoms with Gasteiger partial charge in [-0.25, -0.2) is 0 Å². The molecule has 0 amide bonds. The number of rotatable bonds is 3. The van der Waals surface area contributed by atoms with E-state index in [-0.39, 0.29) is 0 Å². The van der Waals surface area contributed by atoms with Gasteiger partial charge in [0.15, 0.2) is 0 Å². The Bertz CT molecular complexity index is 525. The molecule has 0 aliphatic rings. The monoisotopic (exact) mass is 296 g/mol. The molecular weight excluding hydrogens is 284 g/mol. The Morgan fingerprint density at radius 3 is 2.71 bits per heavy atom. The van der Waals surface area contributed by atoms with Gasteiger partial charge >= 0.3 is 0 Å². The highest BCUT2D eigenvalue weighted by Crippen LogP contribution is 2.30. The summed E-state index contributed by atoms with van der Waals surface area (Å²) in [6.45, 7) is 0. The number of aryl methyl sites for hydroxylation is 1. The molecule has 0 aliphatic heterocycles. The first-order chi connectivity index (χ1) is 8.13. The van der Waals surface area contributed by atoms with E-state index in [0.717, 1.165) is 21.5 Å². The fourth-order valence-corrected chi connectivity index (χ4v) is 2.23. The average molecular weight is 297 g/mol. The number of nitrogens with zero attached hydrogens (tertiary/aromatic N) is 2. The fraction of sp³-hybridized carbons (Fsp3) is 0.250. The second kappa shape index (κ2) is 4.89. The molecule has 1 N–H and O–H groups in total. The largest absolute Gasteiger partial charge is 0.496 e. The molecule has 0 spiro atoms. The van der Waals surface area contributed by atoms with Gasteiger partial charge in [0.2, 0.25) is 0 Å². The van der Waals surface area contributed by atoms with Crippen LogP contribution in [0.5, 0.6) is 5.75 Å². The van der Waals surface area contributed by atoms with E-state index >= 15 is 0 Å². The Labute approximate surface area is 108 Å². The number of aliphatic hydroxyl groups is 1. The molecule has 2 rings (SSSR count). The molecule has 2 aromatic rings. The fourth-order valence-electron chi connectivity index (χ4n) is 1.68. The van der Waals surface area contributed by atoms with Crippen LogP contribution in [-0.2, 0) is 7.05 Å². The van der Waals surface area contributed by atoms with Crippen LogP contribution >= 0.6 is 15.9 Å². The van der Waals surface area contributed by atoms with Crippen LogP contribution in [0.1, 0.15) is 17.4 Å². The minimum Gasteiger partial charge on any atom is -0.496 e. The first-order valence-electron chi connectivity index (χ1n) is 5.13. The van der Waals surface area contributed by atoms with Crippen molar-refractivity contribution in [2.24, 2.45) is 7.05 Å². The molecule has 0 radical (unpaired) electrons. The van der Waals surface area contributed by atoms with E-state index < -0.39 is 6.10 Å². The smallest absolute Gasteiger partial charge is 0.133 e. The van der Waals surface area contributed by atoms with Gasteiger partial charge in [0.05, 0.1) is 17.3 Å². The van der Waals surface area contributed by atoms with Crippen LogP contribution in [0, 0.1) is 0 Å². The van der Waals surface area contributed by atoms with Crippen molar-refractivity contribution in [2.75, 3.05) is 7.11 Å². The molecular formula is C12H13BrN2O2. The maximum Gasteiger partial charge on any atom is 0.133 e. The van der Waals surface area contributed by atoms with Gasteiger partial charge in [-0.05, 0) is 39.7 Å². The van der Waals surface area contributed by atoms with Gasteiger partial charge in [-0.2, -0.15) is 5.10 Å². The number of methoxy groups -OCH3 is 1. The highest BCUT2D eigenvalue weighted by atomic mass is 79.9. The molecule has 5 heteroatoms. The van der Waals surface area contributed by atoms with Crippen LogP contribution in [0.4, 0.5) is 0 Å². The quantitative estimate of drug-likeness (QED) is 0.945. The first-order valence-corrected chi connectivity index (χ1v) is 5.92. The summed E-state index contributed by atoms with van der Waals surface area (Å²) in [7, 11) is 3.41. The van der Waals surface area contributed by atoms with Gasteiger partial charge in [-0.15, -0.1) is 0 Å². The summed E-state index contributed by atoms with van der Waals surface area (Å²) in [5, 5.41) is 14.3. The van der Waals surface area contributed by atoms with Crippen LogP contribution in [0.2, 0.25) is 0 Å². The summed E-state index contributed by atoms with van der Waals surface area (Å²) in [5.41, 5.74) is 1.54. The molecule has 0 saturated carbocycles.